The van der Waals surface area contributed by atoms with Crippen LogP contribution in [0.3, 0.4) is 0 Å². The molecule has 0 radical (unpaired) electrons. The number of nitrogens with zero attached hydrogens (tertiary/aromatic N) is 1. The zero-order valence-corrected chi connectivity index (χ0v) is 14.5. The van der Waals surface area contributed by atoms with E-state index in [9.17, 15) is 14.4 Å². The predicted octanol–water partition coefficient (Wildman–Crippen LogP) is 1.88. The summed E-state index contributed by atoms with van der Waals surface area (Å²) in [6.45, 7) is 0.526. The summed E-state index contributed by atoms with van der Waals surface area (Å²) in [5.74, 6) is 0.0494. The summed E-state index contributed by atoms with van der Waals surface area (Å²) in [5.41, 5.74) is 0.887. The molecule has 6 heteroatoms. The van der Waals surface area contributed by atoms with Gasteiger partial charge in [-0.1, -0.05) is 31.0 Å². The van der Waals surface area contributed by atoms with Crippen molar-refractivity contribution in [2.24, 2.45) is 11.8 Å². The highest BCUT2D eigenvalue weighted by atomic mass is 16.5. The lowest BCUT2D eigenvalue weighted by Crippen LogP contribution is -2.35. The van der Waals surface area contributed by atoms with E-state index in [-0.39, 0.29) is 42.5 Å². The van der Waals surface area contributed by atoms with Gasteiger partial charge in [-0.05, 0) is 18.9 Å². The number of rotatable bonds is 6. The van der Waals surface area contributed by atoms with Crippen LogP contribution >= 0.6 is 0 Å². The van der Waals surface area contributed by atoms with E-state index in [1.165, 1.54) is 4.90 Å². The Bertz CT molecular complexity index is 649. The number of imide groups is 1. The fraction of sp³-hybridized carbons (Fsp3) is 0.526. The number of ether oxygens (including phenoxy) is 1. The first-order valence-corrected chi connectivity index (χ1v) is 8.85. The molecule has 1 saturated heterocycles. The van der Waals surface area contributed by atoms with Gasteiger partial charge in [0.25, 0.3) is 0 Å². The number of methoxy groups -OCH3 is 1. The Morgan fingerprint density at radius 2 is 1.80 bits per heavy atom. The normalized spacial score (nSPS) is 22.7. The molecule has 1 heterocycles. The third-order valence-electron chi connectivity index (χ3n) is 5.16. The Morgan fingerprint density at radius 1 is 1.16 bits per heavy atom. The first kappa shape index (κ1) is 17.5. The Kier molecular flexibility index (Phi) is 5.36. The standard InChI is InChI=1S/C19H24N2O4/c1-25-16-9-5-2-6-13(16)12-20-17(22)10-11-21-18(23)14-7-3-4-8-15(14)19(21)24/h2,5-6,9,14-15H,3-4,7-8,10-12H2,1H3,(H,20,22). The predicted molar refractivity (Wildman–Crippen MR) is 91.6 cm³/mol. The van der Waals surface area contributed by atoms with Crippen LogP contribution < -0.4 is 10.1 Å². The van der Waals surface area contributed by atoms with Gasteiger partial charge in [0.1, 0.15) is 5.75 Å². The Hall–Kier alpha value is -2.37. The molecule has 1 aromatic carbocycles. The monoisotopic (exact) mass is 344 g/mol. The average Bonchev–Trinajstić information content (AvgIpc) is 2.89. The minimum absolute atomic E-state index is 0.0905. The van der Waals surface area contributed by atoms with E-state index in [2.05, 4.69) is 5.32 Å². The Labute approximate surface area is 147 Å². The van der Waals surface area contributed by atoms with Gasteiger partial charge in [0.2, 0.25) is 17.7 Å². The zero-order chi connectivity index (χ0) is 17.8. The van der Waals surface area contributed by atoms with Crippen LogP contribution in [0.5, 0.6) is 5.75 Å². The molecule has 2 aliphatic rings. The van der Waals surface area contributed by atoms with Gasteiger partial charge >= 0.3 is 0 Å². The van der Waals surface area contributed by atoms with Gasteiger partial charge in [-0.25, -0.2) is 0 Å². The number of likely N-dealkylation sites (tertiary alicyclic amines) is 1. The Morgan fingerprint density at radius 3 is 2.44 bits per heavy atom. The van der Waals surface area contributed by atoms with Crippen LogP contribution in [0.1, 0.15) is 37.7 Å². The van der Waals surface area contributed by atoms with Crippen molar-refractivity contribution < 1.29 is 19.1 Å². The molecule has 25 heavy (non-hydrogen) atoms. The van der Waals surface area contributed by atoms with Crippen LogP contribution in [0.4, 0.5) is 0 Å². The van der Waals surface area contributed by atoms with Gasteiger partial charge in [0.15, 0.2) is 0 Å². The van der Waals surface area contributed by atoms with Crippen LogP contribution in [-0.2, 0) is 20.9 Å². The molecule has 0 bridgehead atoms. The van der Waals surface area contributed by atoms with E-state index in [1.54, 1.807) is 7.11 Å². The molecule has 0 aromatic heterocycles. The highest BCUT2D eigenvalue weighted by Crippen LogP contribution is 2.37. The first-order chi connectivity index (χ1) is 12.1. The number of nitrogens with one attached hydrogen (secondary N) is 1. The maximum atomic E-state index is 12.4. The number of amides is 3. The van der Waals surface area contributed by atoms with Gasteiger partial charge in [0.05, 0.1) is 18.9 Å². The minimum Gasteiger partial charge on any atom is -0.496 e. The third kappa shape index (κ3) is 3.67. The first-order valence-electron chi connectivity index (χ1n) is 8.85. The number of hydrogen-bond donors (Lipinski definition) is 1. The van der Waals surface area contributed by atoms with E-state index in [4.69, 9.17) is 4.74 Å². The lowest BCUT2D eigenvalue weighted by atomic mass is 9.81. The molecule has 2 unspecified atom stereocenters. The van der Waals surface area contributed by atoms with Crippen LogP contribution in [0.15, 0.2) is 24.3 Å². The summed E-state index contributed by atoms with van der Waals surface area (Å²) in [5, 5.41) is 2.82. The highest BCUT2D eigenvalue weighted by molar-refractivity contribution is 6.05. The van der Waals surface area contributed by atoms with E-state index in [0.717, 1.165) is 37.0 Å². The fourth-order valence-corrected chi connectivity index (χ4v) is 3.80. The molecule has 1 N–H and O–H groups in total. The molecule has 2 fully saturated rings. The van der Waals surface area contributed by atoms with Gasteiger partial charge < -0.3 is 10.1 Å². The molecule has 134 valence electrons. The molecule has 1 aliphatic carbocycles. The second-order valence-electron chi connectivity index (χ2n) is 6.66. The van der Waals surface area contributed by atoms with Crippen molar-refractivity contribution in [1.29, 1.82) is 0 Å². The average molecular weight is 344 g/mol. The lowest BCUT2D eigenvalue weighted by molar-refractivity contribution is -0.140. The molecule has 3 amide bonds. The van der Waals surface area contributed by atoms with Crippen molar-refractivity contribution in [2.45, 2.75) is 38.6 Å². The molecule has 1 aromatic rings. The Balaban J connectivity index is 1.50. The van der Waals surface area contributed by atoms with Crippen molar-refractivity contribution in [1.82, 2.24) is 10.2 Å². The number of carbonyl (C=O) groups is 3. The van der Waals surface area contributed by atoms with Gasteiger partial charge in [-0.15, -0.1) is 0 Å². The van der Waals surface area contributed by atoms with Crippen molar-refractivity contribution in [3.63, 3.8) is 0 Å². The number of carbonyl (C=O) groups excluding carboxylic acids is 3. The van der Waals surface area contributed by atoms with E-state index >= 15 is 0 Å². The molecular formula is C19H24N2O4. The van der Waals surface area contributed by atoms with Crippen molar-refractivity contribution in [3.05, 3.63) is 29.8 Å². The van der Waals surface area contributed by atoms with Gasteiger partial charge in [0, 0.05) is 25.1 Å². The highest BCUT2D eigenvalue weighted by Gasteiger charge is 2.47. The fourth-order valence-electron chi connectivity index (χ4n) is 3.80. The molecule has 6 nitrogen and oxygen atoms in total. The van der Waals surface area contributed by atoms with E-state index in [0.29, 0.717) is 6.54 Å². The summed E-state index contributed by atoms with van der Waals surface area (Å²) in [7, 11) is 1.59. The molecule has 0 spiro atoms. The van der Waals surface area contributed by atoms with Gasteiger partial charge in [-0.3, -0.25) is 19.3 Å². The topological polar surface area (TPSA) is 75.7 Å². The van der Waals surface area contributed by atoms with Crippen LogP contribution in [-0.4, -0.2) is 36.3 Å². The van der Waals surface area contributed by atoms with Crippen molar-refractivity contribution in [2.75, 3.05) is 13.7 Å². The summed E-state index contributed by atoms with van der Waals surface area (Å²) in [6, 6.07) is 7.48. The van der Waals surface area contributed by atoms with Crippen molar-refractivity contribution in [3.8, 4) is 5.75 Å². The third-order valence-corrected chi connectivity index (χ3v) is 5.16. The van der Waals surface area contributed by atoms with Gasteiger partial charge in [-0.2, -0.15) is 0 Å². The minimum atomic E-state index is -0.179. The molecule has 1 saturated carbocycles. The number of hydrogen-bond acceptors (Lipinski definition) is 4. The quantitative estimate of drug-likeness (QED) is 0.800. The summed E-state index contributed by atoms with van der Waals surface area (Å²) < 4.78 is 5.25. The maximum Gasteiger partial charge on any atom is 0.233 e. The summed E-state index contributed by atoms with van der Waals surface area (Å²) in [4.78, 5) is 38.2. The zero-order valence-electron chi connectivity index (χ0n) is 14.5. The number of para-hydroxylation sites is 1. The van der Waals surface area contributed by atoms with Crippen molar-refractivity contribution >= 4 is 17.7 Å². The molecule has 1 aliphatic heterocycles. The molecule has 2 atom stereocenters. The smallest absolute Gasteiger partial charge is 0.233 e. The summed E-state index contributed by atoms with van der Waals surface area (Å²) in [6.07, 6.45) is 3.74. The maximum absolute atomic E-state index is 12.4. The lowest BCUT2D eigenvalue weighted by Gasteiger charge is -2.19. The number of fused-ring (bicyclic) bond motifs is 1. The second-order valence-corrected chi connectivity index (χ2v) is 6.66. The SMILES string of the molecule is COc1ccccc1CNC(=O)CCN1C(=O)C2CCCCC2C1=O. The molecular weight excluding hydrogens is 320 g/mol. The van der Waals surface area contributed by atoms with Crippen LogP contribution in [0.25, 0.3) is 0 Å². The summed E-state index contributed by atoms with van der Waals surface area (Å²) >= 11 is 0. The largest absolute Gasteiger partial charge is 0.496 e. The molecule has 3 rings (SSSR count). The second kappa shape index (κ2) is 7.68. The van der Waals surface area contributed by atoms with E-state index in [1.807, 2.05) is 24.3 Å². The van der Waals surface area contributed by atoms with Crippen LogP contribution in [0.2, 0.25) is 0 Å². The number of benzene rings is 1. The van der Waals surface area contributed by atoms with E-state index < -0.39 is 0 Å². The van der Waals surface area contributed by atoms with Crippen LogP contribution in [0, 0.1) is 11.8 Å².